The second-order valence-corrected chi connectivity index (χ2v) is 8.01. The summed E-state index contributed by atoms with van der Waals surface area (Å²) in [6.07, 6.45) is 1.97. The third kappa shape index (κ3) is 3.35. The normalized spacial score (nSPS) is 22.2. The van der Waals surface area contributed by atoms with Gasteiger partial charge in [-0.25, -0.2) is 4.79 Å². The van der Waals surface area contributed by atoms with E-state index in [-0.39, 0.29) is 17.2 Å². The van der Waals surface area contributed by atoms with Crippen LogP contribution >= 0.6 is 0 Å². The van der Waals surface area contributed by atoms with E-state index < -0.39 is 5.92 Å². The first kappa shape index (κ1) is 18.5. The number of Topliss-reactive ketones (excluding diaryl/α,β-unsaturated/α-hetero) is 1. The maximum atomic E-state index is 13.0. The summed E-state index contributed by atoms with van der Waals surface area (Å²) < 4.78 is 11.3. The van der Waals surface area contributed by atoms with Crippen molar-refractivity contribution in [1.82, 2.24) is 5.32 Å². The van der Waals surface area contributed by atoms with Crippen LogP contribution in [-0.2, 0) is 14.3 Å². The zero-order valence-electron chi connectivity index (χ0n) is 16.2. The van der Waals surface area contributed by atoms with E-state index in [0.29, 0.717) is 29.9 Å². The second kappa shape index (κ2) is 6.78. The first-order valence-electron chi connectivity index (χ1n) is 9.21. The molecule has 26 heavy (non-hydrogen) atoms. The second-order valence-electron chi connectivity index (χ2n) is 8.01. The SMILES string of the molecule is CCCOC(=O)C1=C(C)NC2=C(C(=O)CC(C)(C)C2)[C@@H]1c1ccc(C)o1. The maximum absolute atomic E-state index is 13.0. The minimum Gasteiger partial charge on any atom is -0.465 e. The van der Waals surface area contributed by atoms with Crippen LogP contribution in [0.4, 0.5) is 0 Å². The molecular weight excluding hydrogens is 330 g/mol. The number of hydrogen-bond donors (Lipinski definition) is 1. The van der Waals surface area contributed by atoms with Gasteiger partial charge in [0.15, 0.2) is 5.78 Å². The largest absolute Gasteiger partial charge is 0.465 e. The van der Waals surface area contributed by atoms with Crippen molar-refractivity contribution in [2.45, 2.75) is 59.8 Å². The summed E-state index contributed by atoms with van der Waals surface area (Å²) >= 11 is 0. The molecule has 0 radical (unpaired) electrons. The number of rotatable bonds is 4. The maximum Gasteiger partial charge on any atom is 0.336 e. The van der Waals surface area contributed by atoms with Gasteiger partial charge in [0.25, 0.3) is 0 Å². The fraction of sp³-hybridized carbons (Fsp3) is 0.524. The van der Waals surface area contributed by atoms with Gasteiger partial charge >= 0.3 is 5.97 Å². The van der Waals surface area contributed by atoms with Gasteiger partial charge in [0, 0.05) is 23.4 Å². The number of aryl methyl sites for hydroxylation is 1. The Morgan fingerprint density at radius 1 is 1.31 bits per heavy atom. The van der Waals surface area contributed by atoms with Gasteiger partial charge in [-0.15, -0.1) is 0 Å². The Morgan fingerprint density at radius 2 is 2.04 bits per heavy atom. The monoisotopic (exact) mass is 357 g/mol. The Labute approximate surface area is 154 Å². The number of ketones is 1. The standard InChI is InChI=1S/C21H27NO4/c1-6-9-25-20(24)17-13(3)22-14-10-21(4,5)11-15(23)18(14)19(17)16-8-7-12(2)26-16/h7-8,19,22H,6,9-11H2,1-5H3/t19-/m1/s1. The molecule has 0 bridgehead atoms. The fourth-order valence-corrected chi connectivity index (χ4v) is 3.87. The molecule has 2 aliphatic rings. The van der Waals surface area contributed by atoms with Gasteiger partial charge in [0.05, 0.1) is 18.1 Å². The highest BCUT2D eigenvalue weighted by atomic mass is 16.5. The van der Waals surface area contributed by atoms with E-state index in [9.17, 15) is 9.59 Å². The molecule has 2 heterocycles. The molecule has 0 unspecified atom stereocenters. The van der Waals surface area contributed by atoms with E-state index in [0.717, 1.165) is 30.0 Å². The van der Waals surface area contributed by atoms with Gasteiger partial charge in [0.1, 0.15) is 11.5 Å². The summed E-state index contributed by atoms with van der Waals surface area (Å²) in [4.78, 5) is 25.8. The molecule has 3 rings (SSSR count). The Balaban J connectivity index is 2.11. The van der Waals surface area contributed by atoms with E-state index in [2.05, 4.69) is 19.2 Å². The summed E-state index contributed by atoms with van der Waals surface area (Å²) in [7, 11) is 0. The van der Waals surface area contributed by atoms with Gasteiger partial charge in [0.2, 0.25) is 0 Å². The predicted molar refractivity (Wildman–Crippen MR) is 98.3 cm³/mol. The Morgan fingerprint density at radius 3 is 2.65 bits per heavy atom. The zero-order valence-corrected chi connectivity index (χ0v) is 16.2. The Bertz CT molecular complexity index is 810. The topological polar surface area (TPSA) is 68.5 Å². The van der Waals surface area contributed by atoms with Crippen molar-refractivity contribution in [3.8, 4) is 0 Å². The lowest BCUT2D eigenvalue weighted by Gasteiger charge is -2.38. The van der Waals surface area contributed by atoms with Crippen molar-refractivity contribution in [3.05, 3.63) is 46.2 Å². The van der Waals surface area contributed by atoms with Gasteiger partial charge < -0.3 is 14.5 Å². The number of carbonyl (C=O) groups is 2. The third-order valence-corrected chi connectivity index (χ3v) is 4.94. The van der Waals surface area contributed by atoms with Crippen molar-refractivity contribution < 1.29 is 18.7 Å². The van der Waals surface area contributed by atoms with Crippen molar-refractivity contribution in [2.24, 2.45) is 5.41 Å². The predicted octanol–water partition coefficient (Wildman–Crippen LogP) is 4.15. The Hall–Kier alpha value is -2.30. The molecule has 5 heteroatoms. The number of furan rings is 1. The van der Waals surface area contributed by atoms with Crippen LogP contribution in [0.1, 0.15) is 64.4 Å². The molecule has 1 aliphatic heterocycles. The number of dihydropyridines is 1. The zero-order chi connectivity index (χ0) is 19.1. The number of hydrogen-bond acceptors (Lipinski definition) is 5. The minimum atomic E-state index is -0.507. The highest BCUT2D eigenvalue weighted by Crippen LogP contribution is 2.47. The summed E-state index contributed by atoms with van der Waals surface area (Å²) in [6, 6.07) is 3.71. The average molecular weight is 357 g/mol. The summed E-state index contributed by atoms with van der Waals surface area (Å²) in [6.45, 7) is 10.2. The molecule has 1 aliphatic carbocycles. The molecule has 0 spiro atoms. The summed E-state index contributed by atoms with van der Waals surface area (Å²) in [5.41, 5.74) is 2.64. The molecule has 0 aromatic carbocycles. The molecule has 1 aromatic rings. The molecule has 5 nitrogen and oxygen atoms in total. The average Bonchev–Trinajstić information content (AvgIpc) is 2.96. The van der Waals surface area contributed by atoms with Crippen molar-refractivity contribution in [1.29, 1.82) is 0 Å². The van der Waals surface area contributed by atoms with Crippen LogP contribution in [0, 0.1) is 12.3 Å². The fourth-order valence-electron chi connectivity index (χ4n) is 3.87. The summed E-state index contributed by atoms with van der Waals surface area (Å²) in [5.74, 6) is 0.541. The number of ether oxygens (including phenoxy) is 1. The van der Waals surface area contributed by atoms with Crippen LogP contribution in [-0.4, -0.2) is 18.4 Å². The van der Waals surface area contributed by atoms with Crippen molar-refractivity contribution >= 4 is 11.8 Å². The van der Waals surface area contributed by atoms with Gasteiger partial charge in [-0.2, -0.15) is 0 Å². The third-order valence-electron chi connectivity index (χ3n) is 4.94. The smallest absolute Gasteiger partial charge is 0.336 e. The lowest BCUT2D eigenvalue weighted by atomic mass is 9.69. The van der Waals surface area contributed by atoms with Crippen LogP contribution in [0.25, 0.3) is 0 Å². The van der Waals surface area contributed by atoms with Crippen LogP contribution in [0.3, 0.4) is 0 Å². The van der Waals surface area contributed by atoms with E-state index in [1.807, 2.05) is 32.9 Å². The van der Waals surface area contributed by atoms with E-state index in [1.54, 1.807) is 0 Å². The lowest BCUT2D eigenvalue weighted by molar-refractivity contribution is -0.139. The highest BCUT2D eigenvalue weighted by molar-refractivity contribution is 6.04. The Kier molecular flexibility index (Phi) is 4.82. The number of carbonyl (C=O) groups excluding carboxylic acids is 2. The van der Waals surface area contributed by atoms with Crippen molar-refractivity contribution in [3.63, 3.8) is 0 Å². The van der Waals surface area contributed by atoms with Gasteiger partial charge in [-0.3, -0.25) is 4.79 Å². The molecule has 0 amide bonds. The molecule has 0 fully saturated rings. The molecule has 1 atom stereocenters. The molecule has 1 aromatic heterocycles. The highest BCUT2D eigenvalue weighted by Gasteiger charge is 2.44. The first-order valence-corrected chi connectivity index (χ1v) is 9.21. The van der Waals surface area contributed by atoms with E-state index in [1.165, 1.54) is 0 Å². The van der Waals surface area contributed by atoms with Gasteiger partial charge in [-0.1, -0.05) is 20.8 Å². The minimum absolute atomic E-state index is 0.0658. The number of nitrogens with one attached hydrogen (secondary N) is 1. The van der Waals surface area contributed by atoms with Crippen LogP contribution in [0.5, 0.6) is 0 Å². The summed E-state index contributed by atoms with van der Waals surface area (Å²) in [5, 5.41) is 3.31. The van der Waals surface area contributed by atoms with E-state index in [4.69, 9.17) is 9.15 Å². The van der Waals surface area contributed by atoms with Crippen LogP contribution < -0.4 is 5.32 Å². The number of esters is 1. The molecule has 0 saturated carbocycles. The molecular formula is C21H27NO4. The molecule has 1 N–H and O–H groups in total. The van der Waals surface area contributed by atoms with E-state index >= 15 is 0 Å². The first-order chi connectivity index (χ1) is 12.2. The van der Waals surface area contributed by atoms with Crippen LogP contribution in [0.2, 0.25) is 0 Å². The van der Waals surface area contributed by atoms with Crippen LogP contribution in [0.15, 0.2) is 39.1 Å². The van der Waals surface area contributed by atoms with Gasteiger partial charge in [-0.05, 0) is 44.2 Å². The quantitative estimate of drug-likeness (QED) is 0.820. The molecule has 140 valence electrons. The molecule has 0 saturated heterocycles. The number of allylic oxidation sites excluding steroid dienone is 3. The lowest BCUT2D eigenvalue weighted by Crippen LogP contribution is -2.38. The van der Waals surface area contributed by atoms with Crippen molar-refractivity contribution in [2.75, 3.05) is 6.61 Å².